The number of carbonyl (C=O) groups is 3. The fourth-order valence-electron chi connectivity index (χ4n) is 1.99. The van der Waals surface area contributed by atoms with Crippen LogP contribution in [-0.2, 0) is 9.59 Å². The molecule has 7 heteroatoms. The molecule has 1 N–H and O–H groups in total. The molecule has 0 saturated carbocycles. The number of ketones is 1. The van der Waals surface area contributed by atoms with Crippen LogP contribution in [-0.4, -0.2) is 17.7 Å². The molecule has 0 aliphatic rings. The summed E-state index contributed by atoms with van der Waals surface area (Å²) >= 11 is 0. The van der Waals surface area contributed by atoms with Crippen LogP contribution in [0.25, 0.3) is 0 Å². The van der Waals surface area contributed by atoms with Gasteiger partial charge in [-0.25, -0.2) is 4.39 Å². The molecule has 0 aliphatic carbocycles. The fraction of sp³-hybridized carbons (Fsp3) is 0.118. The maximum atomic E-state index is 13.5. The summed E-state index contributed by atoms with van der Waals surface area (Å²) in [5, 5.41) is 12.8. The van der Waals surface area contributed by atoms with Gasteiger partial charge in [0.15, 0.2) is 5.78 Å². The molecule has 0 bridgehead atoms. The van der Waals surface area contributed by atoms with Gasteiger partial charge in [0.05, 0.1) is 5.69 Å². The van der Waals surface area contributed by atoms with E-state index in [0.717, 1.165) is 12.1 Å². The zero-order chi connectivity index (χ0) is 16.8. The summed E-state index contributed by atoms with van der Waals surface area (Å²) in [5.41, 5.74) is 0.477. The van der Waals surface area contributed by atoms with Crippen LogP contribution in [0.3, 0.4) is 0 Å². The van der Waals surface area contributed by atoms with Crippen LogP contribution in [0, 0.1) is 5.82 Å². The smallest absolute Gasteiger partial charge is 0.550 e. The molecular formula is C17H13FNNaO4. The predicted octanol–water partition coefficient (Wildman–Crippen LogP) is -1.47. The number of rotatable bonds is 6. The summed E-state index contributed by atoms with van der Waals surface area (Å²) in [6, 6.07) is 11.6. The molecule has 2 rings (SSSR count). The van der Waals surface area contributed by atoms with Crippen LogP contribution in [0.1, 0.15) is 28.8 Å². The summed E-state index contributed by atoms with van der Waals surface area (Å²) in [6.45, 7) is 0. The summed E-state index contributed by atoms with van der Waals surface area (Å²) in [7, 11) is 0. The maximum Gasteiger partial charge on any atom is 1.00 e. The number of carbonyl (C=O) groups excluding carboxylic acids is 3. The van der Waals surface area contributed by atoms with Gasteiger partial charge in [-0.05, 0) is 24.6 Å². The Kier molecular flexibility index (Phi) is 7.78. The van der Waals surface area contributed by atoms with E-state index in [1.165, 1.54) is 6.07 Å². The molecule has 0 heterocycles. The van der Waals surface area contributed by atoms with Crippen molar-refractivity contribution in [2.75, 3.05) is 5.32 Å². The number of aliphatic carboxylic acids is 1. The maximum absolute atomic E-state index is 13.5. The second-order valence-electron chi connectivity index (χ2n) is 4.81. The molecule has 118 valence electrons. The molecule has 0 spiro atoms. The van der Waals surface area contributed by atoms with Gasteiger partial charge in [0.2, 0.25) is 5.91 Å². The van der Waals surface area contributed by atoms with Crippen molar-refractivity contribution in [1.82, 2.24) is 0 Å². The molecule has 1 amide bonds. The van der Waals surface area contributed by atoms with Crippen LogP contribution < -0.4 is 40.0 Å². The van der Waals surface area contributed by atoms with Crippen LogP contribution in [0.2, 0.25) is 0 Å². The van der Waals surface area contributed by atoms with Crippen molar-refractivity contribution in [3.8, 4) is 0 Å². The largest absolute Gasteiger partial charge is 1.00 e. The van der Waals surface area contributed by atoms with E-state index in [1.54, 1.807) is 30.3 Å². The Labute approximate surface area is 160 Å². The second-order valence-corrected chi connectivity index (χ2v) is 4.81. The Balaban J connectivity index is 0.00000288. The molecule has 0 saturated heterocycles. The van der Waals surface area contributed by atoms with E-state index in [0.29, 0.717) is 5.56 Å². The standard InChI is InChI=1S/C17H14FNO4.Na/c18-12-6-7-14(19-15(20)8-9-16(21)22)13(10-12)17(23)11-4-2-1-3-5-11;/h1-7,10H,8-9H2,(H,19,20)(H,21,22);/q;+1/p-1. The summed E-state index contributed by atoms with van der Waals surface area (Å²) < 4.78 is 13.5. The molecule has 0 fully saturated rings. The third-order valence-corrected chi connectivity index (χ3v) is 3.09. The van der Waals surface area contributed by atoms with Crippen molar-refractivity contribution in [1.29, 1.82) is 0 Å². The number of hydrogen-bond acceptors (Lipinski definition) is 4. The van der Waals surface area contributed by atoms with Gasteiger partial charge in [0.25, 0.3) is 0 Å². The van der Waals surface area contributed by atoms with Gasteiger partial charge in [0, 0.05) is 23.5 Å². The Hall–Kier alpha value is -2.02. The summed E-state index contributed by atoms with van der Waals surface area (Å²) in [4.78, 5) is 34.5. The van der Waals surface area contributed by atoms with Crippen molar-refractivity contribution in [2.45, 2.75) is 12.8 Å². The quantitative estimate of drug-likeness (QED) is 0.515. The van der Waals surface area contributed by atoms with Crippen LogP contribution in [0.4, 0.5) is 10.1 Å². The van der Waals surface area contributed by atoms with Crippen molar-refractivity contribution in [3.63, 3.8) is 0 Å². The topological polar surface area (TPSA) is 86.3 Å². The monoisotopic (exact) mass is 337 g/mol. The number of halogens is 1. The molecule has 0 atom stereocenters. The number of anilines is 1. The molecule has 0 aliphatic heterocycles. The fourth-order valence-corrected chi connectivity index (χ4v) is 1.99. The van der Waals surface area contributed by atoms with Crippen molar-refractivity contribution in [2.24, 2.45) is 0 Å². The van der Waals surface area contributed by atoms with Crippen molar-refractivity contribution in [3.05, 3.63) is 65.5 Å². The van der Waals surface area contributed by atoms with Crippen LogP contribution in [0.15, 0.2) is 48.5 Å². The van der Waals surface area contributed by atoms with E-state index in [9.17, 15) is 23.9 Å². The van der Waals surface area contributed by atoms with E-state index in [1.807, 2.05) is 0 Å². The number of carboxylic acids is 1. The number of carboxylic acid groups (broad SMARTS) is 1. The molecule has 2 aromatic rings. The van der Waals surface area contributed by atoms with Gasteiger partial charge in [-0.3, -0.25) is 9.59 Å². The first-order valence-corrected chi connectivity index (χ1v) is 6.86. The van der Waals surface area contributed by atoms with Crippen molar-refractivity contribution >= 4 is 23.3 Å². The SMILES string of the molecule is O=C([O-])CCC(=O)Nc1ccc(F)cc1C(=O)c1ccccc1.[Na+]. The minimum Gasteiger partial charge on any atom is -0.550 e. The van der Waals surface area contributed by atoms with E-state index in [-0.39, 0.29) is 47.2 Å². The van der Waals surface area contributed by atoms with Gasteiger partial charge < -0.3 is 15.2 Å². The zero-order valence-corrected chi connectivity index (χ0v) is 15.0. The van der Waals surface area contributed by atoms with Crippen LogP contribution >= 0.6 is 0 Å². The minimum absolute atomic E-state index is 0. The normalized spacial score (nSPS) is 9.71. The van der Waals surface area contributed by atoms with Gasteiger partial charge in [-0.15, -0.1) is 0 Å². The van der Waals surface area contributed by atoms with Crippen molar-refractivity contribution < 1.29 is 53.4 Å². The molecule has 0 radical (unpaired) electrons. The first-order chi connectivity index (χ1) is 11.0. The molecule has 24 heavy (non-hydrogen) atoms. The molecule has 0 unspecified atom stereocenters. The van der Waals surface area contributed by atoms with Gasteiger partial charge in [-0.2, -0.15) is 0 Å². The molecular weight excluding hydrogens is 324 g/mol. The Morgan fingerprint density at radius 3 is 2.29 bits per heavy atom. The Morgan fingerprint density at radius 2 is 1.67 bits per heavy atom. The number of hydrogen-bond donors (Lipinski definition) is 1. The number of amides is 1. The average molecular weight is 337 g/mol. The molecule has 0 aromatic heterocycles. The van der Waals surface area contributed by atoms with Crippen LogP contribution in [0.5, 0.6) is 0 Å². The van der Waals surface area contributed by atoms with E-state index >= 15 is 0 Å². The third kappa shape index (κ3) is 5.56. The number of benzene rings is 2. The summed E-state index contributed by atoms with van der Waals surface area (Å²) in [6.07, 6.45) is -0.729. The minimum atomic E-state index is -1.35. The Morgan fingerprint density at radius 1 is 1.00 bits per heavy atom. The third-order valence-electron chi connectivity index (χ3n) is 3.09. The van der Waals surface area contributed by atoms with E-state index < -0.39 is 29.9 Å². The first-order valence-electron chi connectivity index (χ1n) is 6.86. The predicted molar refractivity (Wildman–Crippen MR) is 79.1 cm³/mol. The van der Waals surface area contributed by atoms with E-state index in [2.05, 4.69) is 5.32 Å². The van der Waals surface area contributed by atoms with Gasteiger partial charge >= 0.3 is 29.6 Å². The van der Waals surface area contributed by atoms with Gasteiger partial charge in [0.1, 0.15) is 5.82 Å². The average Bonchev–Trinajstić information content (AvgIpc) is 2.54. The second kappa shape index (κ2) is 9.32. The number of nitrogens with one attached hydrogen (secondary N) is 1. The Bertz CT molecular complexity index is 750. The van der Waals surface area contributed by atoms with Gasteiger partial charge in [-0.1, -0.05) is 30.3 Å². The molecule has 2 aromatic carbocycles. The first kappa shape index (κ1) is 20.0. The summed E-state index contributed by atoms with van der Waals surface area (Å²) in [5.74, 6) is -3.00. The van der Waals surface area contributed by atoms with E-state index in [4.69, 9.17) is 0 Å². The zero-order valence-electron chi connectivity index (χ0n) is 13.0. The molecule has 5 nitrogen and oxygen atoms in total.